The first kappa shape index (κ1) is 40.1. The van der Waals surface area contributed by atoms with Crippen LogP contribution in [0, 0.1) is 6.07 Å². The third-order valence-corrected chi connectivity index (χ3v) is 14.3. The summed E-state index contributed by atoms with van der Waals surface area (Å²) in [5.41, 5.74) is 15.5. The van der Waals surface area contributed by atoms with Gasteiger partial charge in [0.1, 0.15) is 0 Å². The van der Waals surface area contributed by atoms with Gasteiger partial charge in [0.05, 0.1) is 11.0 Å². The normalized spacial score (nSPS) is 12.7. The maximum atomic E-state index is 5.31. The fourth-order valence-electron chi connectivity index (χ4n) is 10.1. The van der Waals surface area contributed by atoms with Gasteiger partial charge < -0.3 is 4.98 Å². The van der Waals surface area contributed by atoms with Crippen LogP contribution in [0.2, 0.25) is 0 Å². The molecule has 0 bridgehead atoms. The van der Waals surface area contributed by atoms with E-state index in [4.69, 9.17) is 15.0 Å². The molecule has 66 heavy (non-hydrogen) atoms. The van der Waals surface area contributed by atoms with Gasteiger partial charge in [-0.25, -0.2) is 4.98 Å². The van der Waals surface area contributed by atoms with Crippen LogP contribution in [-0.2, 0) is 25.5 Å². The molecule has 0 saturated heterocycles. The van der Waals surface area contributed by atoms with Gasteiger partial charge in [-0.1, -0.05) is 147 Å². The minimum atomic E-state index is -0.273. The summed E-state index contributed by atoms with van der Waals surface area (Å²) < 4.78 is 4.83. The zero-order valence-corrected chi connectivity index (χ0v) is 39.2. The van der Waals surface area contributed by atoms with Gasteiger partial charge in [-0.2, -0.15) is 9.97 Å². The van der Waals surface area contributed by atoms with Crippen molar-refractivity contribution in [3.8, 4) is 73.4 Å². The third-order valence-electron chi connectivity index (χ3n) is 13.2. The van der Waals surface area contributed by atoms with Crippen LogP contribution in [0.15, 0.2) is 194 Å². The number of aromatic nitrogens is 5. The molecule has 5 nitrogen and oxygen atoms in total. The first-order valence-corrected chi connectivity index (χ1v) is 22.8. The van der Waals surface area contributed by atoms with Gasteiger partial charge in [0.15, 0.2) is 11.6 Å². The molecule has 7 heteroatoms. The Morgan fingerprint density at radius 2 is 1.15 bits per heavy atom. The van der Waals surface area contributed by atoms with Gasteiger partial charge in [-0.05, 0) is 81.0 Å². The Morgan fingerprint density at radius 1 is 0.500 bits per heavy atom. The van der Waals surface area contributed by atoms with Crippen LogP contribution in [0.4, 0.5) is 0 Å². The van der Waals surface area contributed by atoms with Crippen LogP contribution < -0.4 is 0 Å². The summed E-state index contributed by atoms with van der Waals surface area (Å²) in [5, 5.41) is 4.85. The van der Waals surface area contributed by atoms with Crippen molar-refractivity contribution in [2.75, 3.05) is 0 Å². The number of pyridine rings is 1. The van der Waals surface area contributed by atoms with Gasteiger partial charge in [0.2, 0.25) is 5.95 Å². The average Bonchev–Trinajstić information content (AvgIpc) is 3.98. The smallest absolute Gasteiger partial charge is 0.238 e. The molecule has 1 aliphatic rings. The van der Waals surface area contributed by atoms with Crippen molar-refractivity contribution >= 4 is 53.3 Å². The molecular weight excluding hydrogens is 1000 g/mol. The SMILES string of the molecule is CC1(C)c2ccccc2-c2ccc3c4cc(-c5ccc6c(c5)sc5ccc(-c7cc[c-]c(-c8ccccn8)c7)cc56)ccc4n(-c4nc(-c5ccccc5)nc(-c5ccccc5)n4)c3c21.[Ir]. The van der Waals surface area contributed by atoms with Crippen LogP contribution in [0.5, 0.6) is 0 Å². The van der Waals surface area contributed by atoms with E-state index in [2.05, 4.69) is 157 Å². The van der Waals surface area contributed by atoms with Gasteiger partial charge in [0.25, 0.3) is 0 Å². The Hall–Kier alpha value is -7.41. The molecule has 4 aromatic heterocycles. The molecule has 0 amide bonds. The minimum absolute atomic E-state index is 0. The summed E-state index contributed by atoms with van der Waals surface area (Å²) in [5.74, 6) is 1.87. The van der Waals surface area contributed by atoms with E-state index in [9.17, 15) is 0 Å². The molecule has 0 unspecified atom stereocenters. The van der Waals surface area contributed by atoms with Crippen molar-refractivity contribution in [1.82, 2.24) is 24.5 Å². The summed E-state index contributed by atoms with van der Waals surface area (Å²) in [6.07, 6.45) is 1.83. The first-order chi connectivity index (χ1) is 32.0. The molecule has 1 aliphatic carbocycles. The standard InChI is InChI=1S/C59H38N5S.Ir/c1-59(2)49-21-10-9-20-43(49)45-27-28-46-47-33-39(41-23-26-44-48-34-40(25-30-52(48)65-53(44)35-41)38-18-13-19-42(32-38)50-22-11-12-31-60-50)24-29-51(47)64(55(46)54(45)59)58-62-56(36-14-5-3-6-15-36)61-57(63-58)37-16-7-4-8-17-37;/h3-18,20-35H,1-2H3;/q-1;. The Bertz CT molecular complexity index is 3800. The summed E-state index contributed by atoms with van der Waals surface area (Å²) in [6, 6.07) is 70.2. The second-order valence-electron chi connectivity index (χ2n) is 17.4. The zero-order chi connectivity index (χ0) is 43.2. The molecule has 0 atom stereocenters. The predicted molar refractivity (Wildman–Crippen MR) is 268 cm³/mol. The quantitative estimate of drug-likeness (QED) is 0.156. The summed E-state index contributed by atoms with van der Waals surface area (Å²) >= 11 is 1.85. The Labute approximate surface area is 399 Å². The topological polar surface area (TPSA) is 56.5 Å². The van der Waals surface area contributed by atoms with Crippen LogP contribution in [-0.4, -0.2) is 24.5 Å². The van der Waals surface area contributed by atoms with Crippen LogP contribution in [0.3, 0.4) is 0 Å². The van der Waals surface area contributed by atoms with E-state index in [1.165, 1.54) is 58.9 Å². The molecule has 0 saturated carbocycles. The molecule has 0 fully saturated rings. The van der Waals surface area contributed by atoms with Crippen LogP contribution in [0.25, 0.3) is 115 Å². The van der Waals surface area contributed by atoms with E-state index in [-0.39, 0.29) is 25.5 Å². The van der Waals surface area contributed by atoms with E-state index >= 15 is 0 Å². The fourth-order valence-corrected chi connectivity index (χ4v) is 11.2. The molecule has 8 aromatic carbocycles. The van der Waals surface area contributed by atoms with E-state index in [1.54, 1.807) is 0 Å². The van der Waals surface area contributed by atoms with Gasteiger partial charge >= 0.3 is 0 Å². The van der Waals surface area contributed by atoms with E-state index in [0.29, 0.717) is 17.6 Å². The Balaban J connectivity index is 0.00000456. The van der Waals surface area contributed by atoms with Crippen molar-refractivity contribution in [3.05, 3.63) is 211 Å². The molecular formula is C59H38IrN5S-. The Kier molecular flexibility index (Phi) is 9.51. The average molecular weight is 1040 g/mol. The summed E-state index contributed by atoms with van der Waals surface area (Å²) in [7, 11) is 0. The zero-order valence-electron chi connectivity index (χ0n) is 36.0. The minimum Gasteiger partial charge on any atom is -0.305 e. The van der Waals surface area contributed by atoms with E-state index in [1.807, 2.05) is 78.2 Å². The molecule has 13 rings (SSSR count). The van der Waals surface area contributed by atoms with Gasteiger partial charge in [-0.15, -0.1) is 46.7 Å². The number of hydrogen-bond acceptors (Lipinski definition) is 5. The van der Waals surface area contributed by atoms with Crippen LogP contribution >= 0.6 is 11.3 Å². The number of nitrogens with zero attached hydrogens (tertiary/aromatic N) is 5. The molecule has 0 aliphatic heterocycles. The van der Waals surface area contributed by atoms with Crippen LogP contribution in [0.1, 0.15) is 25.0 Å². The monoisotopic (exact) mass is 1040 g/mol. The fraction of sp³-hybridized carbons (Fsp3) is 0.0508. The molecule has 0 N–H and O–H groups in total. The van der Waals surface area contributed by atoms with Crippen molar-refractivity contribution in [2.24, 2.45) is 0 Å². The first-order valence-electron chi connectivity index (χ1n) is 22.0. The number of fused-ring (bicyclic) bond motifs is 10. The Morgan fingerprint density at radius 3 is 1.91 bits per heavy atom. The van der Waals surface area contributed by atoms with Gasteiger partial charge in [0, 0.05) is 73.8 Å². The third kappa shape index (κ3) is 6.38. The molecule has 315 valence electrons. The second kappa shape index (κ2) is 15.6. The van der Waals surface area contributed by atoms with Crippen molar-refractivity contribution in [1.29, 1.82) is 0 Å². The maximum absolute atomic E-state index is 5.31. The van der Waals surface area contributed by atoms with Gasteiger partial charge in [-0.3, -0.25) is 4.57 Å². The summed E-state index contributed by atoms with van der Waals surface area (Å²) in [4.78, 5) is 20.3. The largest absolute Gasteiger partial charge is 0.305 e. The van der Waals surface area contributed by atoms with E-state index in [0.717, 1.165) is 49.9 Å². The molecule has 1 radical (unpaired) electrons. The molecule has 0 spiro atoms. The van der Waals surface area contributed by atoms with Crippen molar-refractivity contribution in [3.63, 3.8) is 0 Å². The maximum Gasteiger partial charge on any atom is 0.238 e. The second-order valence-corrected chi connectivity index (χ2v) is 18.5. The number of rotatable bonds is 6. The number of thiophene rings is 1. The molecule has 4 heterocycles. The number of benzene rings is 8. The van der Waals surface area contributed by atoms with Crippen molar-refractivity contribution in [2.45, 2.75) is 19.3 Å². The number of hydrogen-bond donors (Lipinski definition) is 0. The molecule has 12 aromatic rings. The summed E-state index contributed by atoms with van der Waals surface area (Å²) in [6.45, 7) is 4.70. The predicted octanol–water partition coefficient (Wildman–Crippen LogP) is 15.2. The van der Waals surface area contributed by atoms with Crippen molar-refractivity contribution < 1.29 is 20.1 Å². The van der Waals surface area contributed by atoms with E-state index < -0.39 is 0 Å².